The topological polar surface area (TPSA) is 96.0 Å². The van der Waals surface area contributed by atoms with Crippen molar-refractivity contribution in [2.24, 2.45) is 0 Å². The molecule has 0 bridgehead atoms. The first-order valence-electron chi connectivity index (χ1n) is 10.7. The van der Waals surface area contributed by atoms with Gasteiger partial charge in [-0.05, 0) is 76.4 Å². The van der Waals surface area contributed by atoms with Gasteiger partial charge in [0.1, 0.15) is 12.3 Å². The smallest absolute Gasteiger partial charge is 0.294 e. The first kappa shape index (κ1) is 24.0. The quantitative estimate of drug-likeness (QED) is 0.527. The fraction of sp³-hybridized carbons (Fsp3) is 0.250. The van der Waals surface area contributed by atoms with Crippen molar-refractivity contribution in [3.63, 3.8) is 0 Å². The Morgan fingerprint density at radius 2 is 1.82 bits per heavy atom. The van der Waals surface area contributed by atoms with Crippen LogP contribution in [0.15, 0.2) is 57.9 Å². The lowest BCUT2D eigenvalue weighted by Crippen LogP contribution is -2.40. The normalized spacial score (nSPS) is 16.9. The number of anilines is 1. The molecule has 2 aromatic carbocycles. The number of hydrogen-bond donors (Lipinski definition) is 1. The summed E-state index contributed by atoms with van der Waals surface area (Å²) in [5.41, 5.74) is 1.35. The highest BCUT2D eigenvalue weighted by atomic mass is 79.9. The second kappa shape index (κ2) is 10.9. The predicted molar refractivity (Wildman–Crippen MR) is 133 cm³/mol. The fourth-order valence-corrected chi connectivity index (χ4v) is 4.92. The largest absolute Gasteiger partial charge is 0.483 e. The van der Waals surface area contributed by atoms with Crippen LogP contribution in [0.25, 0.3) is 6.08 Å². The second-order valence-electron chi connectivity index (χ2n) is 7.75. The van der Waals surface area contributed by atoms with Crippen molar-refractivity contribution in [1.29, 1.82) is 0 Å². The molecule has 0 saturated carbocycles. The van der Waals surface area contributed by atoms with Gasteiger partial charge in [0.05, 0.1) is 9.38 Å². The minimum Gasteiger partial charge on any atom is -0.483 e. The highest BCUT2D eigenvalue weighted by molar-refractivity contribution is 9.10. The molecule has 4 amide bonds. The van der Waals surface area contributed by atoms with Gasteiger partial charge < -0.3 is 15.0 Å². The van der Waals surface area contributed by atoms with Gasteiger partial charge in [-0.25, -0.2) is 0 Å². The summed E-state index contributed by atoms with van der Waals surface area (Å²) in [6.07, 6.45) is 3.49. The van der Waals surface area contributed by atoms with Crippen LogP contribution in [-0.2, 0) is 14.4 Å². The summed E-state index contributed by atoms with van der Waals surface area (Å²) < 4.78 is 6.18. The molecule has 8 nitrogen and oxygen atoms in total. The number of hydrogen-bond acceptors (Lipinski definition) is 6. The molecule has 2 aliphatic heterocycles. The number of benzene rings is 2. The third-order valence-electron chi connectivity index (χ3n) is 5.30. The van der Waals surface area contributed by atoms with Gasteiger partial charge in [-0.15, -0.1) is 0 Å². The van der Waals surface area contributed by atoms with Crippen molar-refractivity contribution in [2.75, 3.05) is 31.6 Å². The molecule has 10 heteroatoms. The number of nitrogens with one attached hydrogen (secondary N) is 1. The van der Waals surface area contributed by atoms with Crippen LogP contribution < -0.4 is 10.1 Å². The summed E-state index contributed by atoms with van der Waals surface area (Å²) in [6.45, 7) is 0.933. The van der Waals surface area contributed by atoms with Crippen LogP contribution in [0.2, 0.25) is 0 Å². The number of para-hydroxylation sites is 1. The number of nitrogens with zero attached hydrogens (tertiary/aromatic N) is 2. The molecule has 2 fully saturated rings. The highest BCUT2D eigenvalue weighted by Gasteiger charge is 2.37. The SMILES string of the molecule is O=C(COc1ccc(/C=C2\SC(=O)N(CC(=O)N3CCCC3)C2=O)cc1Br)Nc1ccccc1. The molecule has 0 spiro atoms. The van der Waals surface area contributed by atoms with E-state index in [4.69, 9.17) is 4.74 Å². The van der Waals surface area contributed by atoms with Crippen molar-refractivity contribution in [3.8, 4) is 5.75 Å². The Labute approximate surface area is 209 Å². The van der Waals surface area contributed by atoms with Gasteiger partial charge >= 0.3 is 0 Å². The number of imide groups is 1. The van der Waals surface area contributed by atoms with Crippen molar-refractivity contribution in [3.05, 3.63) is 63.5 Å². The van der Waals surface area contributed by atoms with E-state index in [0.717, 1.165) is 29.5 Å². The first-order valence-corrected chi connectivity index (χ1v) is 12.3. The van der Waals surface area contributed by atoms with E-state index < -0.39 is 11.1 Å². The van der Waals surface area contributed by atoms with Crippen molar-refractivity contribution >= 4 is 62.4 Å². The molecule has 0 unspecified atom stereocenters. The number of carbonyl (C=O) groups is 4. The number of thioether (sulfide) groups is 1. The lowest BCUT2D eigenvalue weighted by molar-refractivity contribution is -0.135. The third-order valence-corrected chi connectivity index (χ3v) is 6.82. The van der Waals surface area contributed by atoms with E-state index in [9.17, 15) is 19.2 Å². The molecule has 0 aliphatic carbocycles. The summed E-state index contributed by atoms with van der Waals surface area (Å²) in [5.74, 6) is -0.512. The van der Waals surface area contributed by atoms with Gasteiger partial charge in [-0.2, -0.15) is 0 Å². The zero-order valence-corrected chi connectivity index (χ0v) is 20.6. The number of likely N-dealkylation sites (tertiary alicyclic amines) is 1. The van der Waals surface area contributed by atoms with Gasteiger partial charge in [-0.3, -0.25) is 24.1 Å². The molecule has 0 radical (unpaired) electrons. The Morgan fingerprint density at radius 3 is 2.53 bits per heavy atom. The number of halogens is 1. The zero-order valence-electron chi connectivity index (χ0n) is 18.2. The van der Waals surface area contributed by atoms with E-state index in [0.29, 0.717) is 34.6 Å². The summed E-state index contributed by atoms with van der Waals surface area (Å²) in [5, 5.41) is 2.29. The summed E-state index contributed by atoms with van der Waals surface area (Å²) >= 11 is 4.23. The number of carbonyl (C=O) groups excluding carboxylic acids is 4. The summed E-state index contributed by atoms with van der Waals surface area (Å²) in [4.78, 5) is 52.4. The molecule has 2 aliphatic rings. The molecule has 4 rings (SSSR count). The molecule has 0 atom stereocenters. The van der Waals surface area contributed by atoms with Gasteiger partial charge in [0, 0.05) is 18.8 Å². The fourth-order valence-electron chi connectivity index (χ4n) is 3.58. The molecule has 34 heavy (non-hydrogen) atoms. The van der Waals surface area contributed by atoms with Crippen molar-refractivity contribution in [2.45, 2.75) is 12.8 Å². The highest BCUT2D eigenvalue weighted by Crippen LogP contribution is 2.34. The van der Waals surface area contributed by atoms with Gasteiger partial charge in [0.25, 0.3) is 17.1 Å². The lowest BCUT2D eigenvalue weighted by Gasteiger charge is -2.18. The number of rotatable bonds is 7. The molecule has 2 aromatic rings. The van der Waals surface area contributed by atoms with Crippen LogP contribution in [0.4, 0.5) is 10.5 Å². The minimum atomic E-state index is -0.475. The summed E-state index contributed by atoms with van der Waals surface area (Å²) in [7, 11) is 0. The van der Waals surface area contributed by atoms with Gasteiger partial charge in [0.2, 0.25) is 5.91 Å². The van der Waals surface area contributed by atoms with Crippen LogP contribution in [0.3, 0.4) is 0 Å². The monoisotopic (exact) mass is 543 g/mol. The standard InChI is InChI=1S/C24H22BrN3O5S/c25-18-12-16(8-9-19(18)33-15-21(29)26-17-6-2-1-3-7-17)13-20-23(31)28(24(32)34-20)14-22(30)27-10-4-5-11-27/h1-3,6-9,12-13H,4-5,10-11,14-15H2,(H,26,29)/b20-13-. The van der Waals surface area contributed by atoms with E-state index in [-0.39, 0.29) is 29.9 Å². The van der Waals surface area contributed by atoms with E-state index in [2.05, 4.69) is 21.2 Å². The molecule has 176 valence electrons. The molecule has 1 N–H and O–H groups in total. The van der Waals surface area contributed by atoms with Crippen LogP contribution in [-0.4, -0.2) is 59.0 Å². The van der Waals surface area contributed by atoms with E-state index in [1.165, 1.54) is 0 Å². The molecular formula is C24H22BrN3O5S. The molecule has 2 heterocycles. The van der Waals surface area contributed by atoms with Crippen molar-refractivity contribution < 1.29 is 23.9 Å². The average molecular weight is 544 g/mol. The second-order valence-corrected chi connectivity index (χ2v) is 9.60. The lowest BCUT2D eigenvalue weighted by atomic mass is 10.2. The third kappa shape index (κ3) is 5.87. The maximum absolute atomic E-state index is 12.7. The Bertz CT molecular complexity index is 1150. The Hall–Kier alpha value is -3.11. The predicted octanol–water partition coefficient (Wildman–Crippen LogP) is 4.13. The maximum atomic E-state index is 12.7. The molecule has 2 saturated heterocycles. The van der Waals surface area contributed by atoms with E-state index >= 15 is 0 Å². The zero-order chi connectivity index (χ0) is 24.1. The Morgan fingerprint density at radius 1 is 1.09 bits per heavy atom. The first-order chi connectivity index (χ1) is 16.4. The van der Waals surface area contributed by atoms with Gasteiger partial charge in [0.15, 0.2) is 6.61 Å². The Balaban J connectivity index is 1.36. The van der Waals surface area contributed by atoms with E-state index in [1.807, 2.05) is 18.2 Å². The Kier molecular flexibility index (Phi) is 7.69. The van der Waals surface area contributed by atoms with Crippen LogP contribution in [0.1, 0.15) is 18.4 Å². The van der Waals surface area contributed by atoms with Crippen molar-refractivity contribution in [1.82, 2.24) is 9.80 Å². The minimum absolute atomic E-state index is 0.170. The van der Waals surface area contributed by atoms with E-state index in [1.54, 1.807) is 41.3 Å². The average Bonchev–Trinajstić information content (AvgIpc) is 3.44. The number of ether oxygens (including phenoxy) is 1. The number of amides is 4. The van der Waals surface area contributed by atoms with Crippen LogP contribution >= 0.6 is 27.7 Å². The maximum Gasteiger partial charge on any atom is 0.294 e. The summed E-state index contributed by atoms with van der Waals surface area (Å²) in [6, 6.07) is 14.2. The molecular weight excluding hydrogens is 522 g/mol. The molecule has 0 aromatic heterocycles. The van der Waals surface area contributed by atoms with Crippen LogP contribution in [0.5, 0.6) is 5.75 Å². The van der Waals surface area contributed by atoms with Crippen LogP contribution in [0, 0.1) is 0 Å². The van der Waals surface area contributed by atoms with Gasteiger partial charge in [-0.1, -0.05) is 24.3 Å².